The molecule has 3 heterocycles. The lowest BCUT2D eigenvalue weighted by Gasteiger charge is -2.05. The summed E-state index contributed by atoms with van der Waals surface area (Å²) in [5.41, 5.74) is 3.82. The Bertz CT molecular complexity index is 1060. The lowest BCUT2D eigenvalue weighted by Crippen LogP contribution is -1.90. The zero-order chi connectivity index (χ0) is 16.7. The fourth-order valence-electron chi connectivity index (χ4n) is 2.48. The van der Waals surface area contributed by atoms with Crippen LogP contribution in [0.15, 0.2) is 53.3 Å². The van der Waals surface area contributed by atoms with E-state index in [0.29, 0.717) is 22.5 Å². The van der Waals surface area contributed by atoms with Gasteiger partial charge in [0.05, 0.1) is 16.7 Å². The van der Waals surface area contributed by atoms with Crippen molar-refractivity contribution in [2.45, 2.75) is 0 Å². The topological polar surface area (TPSA) is 54.5 Å². The molecule has 7 heteroatoms. The Kier molecular flexibility index (Phi) is 3.57. The first-order valence-corrected chi connectivity index (χ1v) is 7.83. The molecule has 0 unspecified atom stereocenters. The normalized spacial score (nSPS) is 11.1. The predicted molar refractivity (Wildman–Crippen MR) is 90.2 cm³/mol. The number of rotatable bonds is 2. The molecular weight excluding hydrogens is 378 g/mol. The molecule has 1 N–H and O–H groups in total. The Balaban J connectivity index is 1.86. The van der Waals surface area contributed by atoms with E-state index in [1.54, 1.807) is 12.4 Å². The fourth-order valence-corrected chi connectivity index (χ4v) is 2.80. The molecule has 0 aliphatic heterocycles. The smallest absolute Gasteiger partial charge is 0.159 e. The van der Waals surface area contributed by atoms with E-state index in [9.17, 15) is 8.78 Å². The molecule has 0 aliphatic carbocycles. The molecule has 4 aromatic rings. The predicted octanol–water partition coefficient (Wildman–Crippen LogP) is 4.73. The van der Waals surface area contributed by atoms with Gasteiger partial charge < -0.3 is 0 Å². The van der Waals surface area contributed by atoms with E-state index >= 15 is 0 Å². The van der Waals surface area contributed by atoms with Crippen LogP contribution in [0.3, 0.4) is 0 Å². The summed E-state index contributed by atoms with van der Waals surface area (Å²) in [6.07, 6.45) is 3.38. The molecule has 0 atom stereocenters. The third-order valence-electron chi connectivity index (χ3n) is 3.61. The number of hydrogen-bond acceptors (Lipinski definition) is 3. The molecule has 3 aromatic heterocycles. The van der Waals surface area contributed by atoms with Gasteiger partial charge in [0.1, 0.15) is 5.69 Å². The fraction of sp³-hybridized carbons (Fsp3) is 0. The minimum Gasteiger partial charge on any atom is -0.284 e. The van der Waals surface area contributed by atoms with Crippen LogP contribution >= 0.6 is 15.9 Å². The van der Waals surface area contributed by atoms with Crippen LogP contribution < -0.4 is 0 Å². The Morgan fingerprint density at radius 2 is 1.83 bits per heavy atom. The zero-order valence-corrected chi connectivity index (χ0v) is 13.7. The van der Waals surface area contributed by atoms with Crippen LogP contribution in [0.4, 0.5) is 8.78 Å². The number of benzene rings is 1. The van der Waals surface area contributed by atoms with E-state index in [1.165, 1.54) is 6.07 Å². The van der Waals surface area contributed by atoms with Gasteiger partial charge in [0.2, 0.25) is 0 Å². The van der Waals surface area contributed by atoms with Crippen molar-refractivity contribution >= 4 is 27.0 Å². The molecule has 4 rings (SSSR count). The van der Waals surface area contributed by atoms with Crippen LogP contribution in [-0.4, -0.2) is 20.2 Å². The van der Waals surface area contributed by atoms with Crippen molar-refractivity contribution in [1.29, 1.82) is 0 Å². The maximum absolute atomic E-state index is 13.5. The molecule has 0 aliphatic rings. The molecule has 4 nitrogen and oxygen atoms in total. The monoisotopic (exact) mass is 386 g/mol. The van der Waals surface area contributed by atoms with Crippen molar-refractivity contribution in [3.05, 3.63) is 64.9 Å². The van der Waals surface area contributed by atoms with Gasteiger partial charge >= 0.3 is 0 Å². The Hall–Kier alpha value is -2.67. The quantitative estimate of drug-likeness (QED) is 0.541. The van der Waals surface area contributed by atoms with E-state index < -0.39 is 11.6 Å². The van der Waals surface area contributed by atoms with Gasteiger partial charge in [0.15, 0.2) is 11.6 Å². The molecule has 0 bridgehead atoms. The van der Waals surface area contributed by atoms with Crippen LogP contribution in [0.2, 0.25) is 0 Å². The van der Waals surface area contributed by atoms with Gasteiger partial charge in [-0.3, -0.25) is 10.1 Å². The minimum absolute atomic E-state index is 0.472. The van der Waals surface area contributed by atoms with Gasteiger partial charge in [-0.2, -0.15) is 5.10 Å². The van der Waals surface area contributed by atoms with E-state index in [4.69, 9.17) is 0 Å². The molecule has 0 amide bonds. The first-order chi connectivity index (χ1) is 11.6. The molecule has 0 radical (unpaired) electrons. The Morgan fingerprint density at radius 1 is 0.958 bits per heavy atom. The number of H-pyrrole nitrogens is 1. The van der Waals surface area contributed by atoms with E-state index in [-0.39, 0.29) is 0 Å². The highest BCUT2D eigenvalue weighted by molar-refractivity contribution is 9.10. The number of nitrogens with zero attached hydrogens (tertiary/aromatic N) is 3. The number of halogens is 3. The summed E-state index contributed by atoms with van der Waals surface area (Å²) in [5.74, 6) is -1.81. The number of fused-ring (bicyclic) bond motifs is 1. The highest BCUT2D eigenvalue weighted by atomic mass is 79.9. The van der Waals surface area contributed by atoms with Crippen LogP contribution in [-0.2, 0) is 0 Å². The lowest BCUT2D eigenvalue weighted by molar-refractivity contribution is 0.509. The van der Waals surface area contributed by atoms with Crippen LogP contribution in [0.25, 0.3) is 33.5 Å². The maximum atomic E-state index is 13.5. The standard InChI is InChI=1S/C17H9BrF2N4/c18-10-6-16-15(21-7-10)4-3-14(23-16)11-8-22-24-17(11)9-1-2-12(19)13(20)5-9/h1-8H,(H,22,24). The molecule has 118 valence electrons. The van der Waals surface area contributed by atoms with Gasteiger partial charge in [0, 0.05) is 28.0 Å². The third kappa shape index (κ3) is 2.56. The van der Waals surface area contributed by atoms with Crippen molar-refractivity contribution in [1.82, 2.24) is 20.2 Å². The van der Waals surface area contributed by atoms with Crippen molar-refractivity contribution < 1.29 is 8.78 Å². The van der Waals surface area contributed by atoms with Gasteiger partial charge in [-0.25, -0.2) is 13.8 Å². The second-order valence-electron chi connectivity index (χ2n) is 5.16. The van der Waals surface area contributed by atoms with Crippen molar-refractivity contribution in [3.8, 4) is 22.5 Å². The van der Waals surface area contributed by atoms with Gasteiger partial charge in [-0.15, -0.1) is 0 Å². The Labute approximate surface area is 143 Å². The zero-order valence-electron chi connectivity index (χ0n) is 12.1. The van der Waals surface area contributed by atoms with E-state index in [2.05, 4.69) is 36.1 Å². The summed E-state index contributed by atoms with van der Waals surface area (Å²) >= 11 is 3.37. The molecule has 24 heavy (non-hydrogen) atoms. The minimum atomic E-state index is -0.916. The van der Waals surface area contributed by atoms with Gasteiger partial charge in [-0.1, -0.05) is 0 Å². The molecule has 0 spiro atoms. The van der Waals surface area contributed by atoms with Crippen molar-refractivity contribution in [2.75, 3.05) is 0 Å². The summed E-state index contributed by atoms with van der Waals surface area (Å²) in [7, 11) is 0. The van der Waals surface area contributed by atoms with Crippen molar-refractivity contribution in [2.24, 2.45) is 0 Å². The number of aromatic nitrogens is 4. The molecule has 0 saturated heterocycles. The number of nitrogens with one attached hydrogen (secondary N) is 1. The third-order valence-corrected chi connectivity index (χ3v) is 4.05. The summed E-state index contributed by atoms with van der Waals surface area (Å²) in [4.78, 5) is 8.87. The Morgan fingerprint density at radius 3 is 2.67 bits per heavy atom. The first-order valence-electron chi connectivity index (χ1n) is 7.04. The summed E-state index contributed by atoms with van der Waals surface area (Å²) < 4.78 is 27.5. The SMILES string of the molecule is Fc1ccc(-c2n[nH]cc2-c2ccc3ncc(Br)cc3n2)cc1F. The average molecular weight is 387 g/mol. The number of aromatic amines is 1. The van der Waals surface area contributed by atoms with E-state index in [0.717, 1.165) is 27.6 Å². The maximum Gasteiger partial charge on any atom is 0.159 e. The van der Waals surface area contributed by atoms with Gasteiger partial charge in [0.25, 0.3) is 0 Å². The second-order valence-corrected chi connectivity index (χ2v) is 6.08. The highest BCUT2D eigenvalue weighted by Crippen LogP contribution is 2.30. The molecule has 0 saturated carbocycles. The number of hydrogen-bond donors (Lipinski definition) is 1. The molecule has 0 fully saturated rings. The van der Waals surface area contributed by atoms with Crippen molar-refractivity contribution in [3.63, 3.8) is 0 Å². The van der Waals surface area contributed by atoms with Crippen LogP contribution in [0.5, 0.6) is 0 Å². The summed E-state index contributed by atoms with van der Waals surface area (Å²) in [5, 5.41) is 6.91. The average Bonchev–Trinajstić information content (AvgIpc) is 3.06. The molecular formula is C17H9BrF2N4. The highest BCUT2D eigenvalue weighted by Gasteiger charge is 2.14. The van der Waals surface area contributed by atoms with Crippen LogP contribution in [0, 0.1) is 11.6 Å². The lowest BCUT2D eigenvalue weighted by atomic mass is 10.0. The largest absolute Gasteiger partial charge is 0.284 e. The summed E-state index contributed by atoms with van der Waals surface area (Å²) in [6.45, 7) is 0. The van der Waals surface area contributed by atoms with E-state index in [1.807, 2.05) is 18.2 Å². The van der Waals surface area contributed by atoms with Crippen LogP contribution in [0.1, 0.15) is 0 Å². The summed E-state index contributed by atoms with van der Waals surface area (Å²) in [6, 6.07) is 9.22. The number of pyridine rings is 2. The van der Waals surface area contributed by atoms with Gasteiger partial charge in [-0.05, 0) is 52.3 Å². The second kappa shape index (κ2) is 5.76. The first kappa shape index (κ1) is 14.9. The molecule has 1 aromatic carbocycles.